The van der Waals surface area contributed by atoms with Gasteiger partial charge in [-0.3, -0.25) is 9.69 Å². The zero-order valence-electron chi connectivity index (χ0n) is 17.3. The van der Waals surface area contributed by atoms with Crippen LogP contribution in [0, 0.1) is 0 Å². The lowest BCUT2D eigenvalue weighted by molar-refractivity contribution is -0.122. The van der Waals surface area contributed by atoms with Crippen molar-refractivity contribution in [3.05, 3.63) is 99.4 Å². The predicted octanol–water partition coefficient (Wildman–Crippen LogP) is 6.33. The summed E-state index contributed by atoms with van der Waals surface area (Å²) >= 11 is 13.0. The number of benzene rings is 3. The Hall–Kier alpha value is -2.80. The Morgan fingerprint density at radius 2 is 1.81 bits per heavy atom. The molecule has 1 amide bonds. The molecule has 1 saturated heterocycles. The van der Waals surface area contributed by atoms with E-state index in [9.17, 15) is 4.79 Å². The molecular formula is C25H20ClNO3S2. The van der Waals surface area contributed by atoms with E-state index in [1.165, 1.54) is 11.8 Å². The van der Waals surface area contributed by atoms with Gasteiger partial charge < -0.3 is 9.47 Å². The lowest BCUT2D eigenvalue weighted by Crippen LogP contribution is -2.27. The topological polar surface area (TPSA) is 38.8 Å². The van der Waals surface area contributed by atoms with E-state index in [0.717, 1.165) is 16.7 Å². The van der Waals surface area contributed by atoms with Crippen LogP contribution in [0.4, 0.5) is 0 Å². The summed E-state index contributed by atoms with van der Waals surface area (Å²) in [6.45, 7) is 0.749. The molecule has 7 heteroatoms. The van der Waals surface area contributed by atoms with E-state index in [1.807, 2.05) is 72.8 Å². The van der Waals surface area contributed by atoms with Gasteiger partial charge in [-0.2, -0.15) is 0 Å². The fraction of sp³-hybridized carbons (Fsp3) is 0.120. The third-order valence-corrected chi connectivity index (χ3v) is 6.65. The van der Waals surface area contributed by atoms with Gasteiger partial charge in [-0.15, -0.1) is 0 Å². The molecule has 0 N–H and O–H groups in total. The molecule has 32 heavy (non-hydrogen) atoms. The third kappa shape index (κ3) is 5.15. The molecule has 1 aliphatic heterocycles. The number of hydrogen-bond donors (Lipinski definition) is 0. The van der Waals surface area contributed by atoms with E-state index >= 15 is 0 Å². The number of nitrogens with zero attached hydrogens (tertiary/aromatic N) is 1. The Labute approximate surface area is 201 Å². The van der Waals surface area contributed by atoms with Gasteiger partial charge in [0.1, 0.15) is 22.4 Å². The van der Waals surface area contributed by atoms with E-state index in [4.69, 9.17) is 33.3 Å². The van der Waals surface area contributed by atoms with Gasteiger partial charge in [0.25, 0.3) is 5.91 Å². The summed E-state index contributed by atoms with van der Waals surface area (Å²) in [5.41, 5.74) is 2.64. The number of amides is 1. The molecule has 0 saturated carbocycles. The number of thiocarbonyl (C=S) groups is 1. The average Bonchev–Trinajstić information content (AvgIpc) is 3.07. The first-order valence-electron chi connectivity index (χ1n) is 9.88. The molecule has 0 radical (unpaired) electrons. The second-order valence-electron chi connectivity index (χ2n) is 7.04. The molecule has 3 aromatic carbocycles. The summed E-state index contributed by atoms with van der Waals surface area (Å²) in [7, 11) is 1.60. The summed E-state index contributed by atoms with van der Waals surface area (Å²) in [6.07, 6.45) is 1.80. The first kappa shape index (κ1) is 22.4. The van der Waals surface area contributed by atoms with Crippen LogP contribution >= 0.6 is 35.6 Å². The van der Waals surface area contributed by atoms with Gasteiger partial charge in [0.2, 0.25) is 0 Å². The van der Waals surface area contributed by atoms with Crippen molar-refractivity contribution in [2.75, 3.05) is 7.11 Å². The van der Waals surface area contributed by atoms with Crippen LogP contribution in [-0.2, 0) is 17.9 Å². The van der Waals surface area contributed by atoms with Gasteiger partial charge in [0.15, 0.2) is 0 Å². The summed E-state index contributed by atoms with van der Waals surface area (Å²) in [6, 6.07) is 22.8. The highest BCUT2D eigenvalue weighted by atomic mass is 35.5. The van der Waals surface area contributed by atoms with Crippen LogP contribution in [0.1, 0.15) is 16.7 Å². The largest absolute Gasteiger partial charge is 0.497 e. The van der Waals surface area contributed by atoms with E-state index in [0.29, 0.717) is 38.9 Å². The van der Waals surface area contributed by atoms with Crippen LogP contribution in [0.5, 0.6) is 11.5 Å². The SMILES string of the molecule is COc1ccc(OCc2ccccc2Cl)c(C=C2SC(=S)N(Cc3ccccc3)C2=O)c1. The molecule has 0 spiro atoms. The van der Waals surface area contributed by atoms with Gasteiger partial charge in [-0.1, -0.05) is 84.1 Å². The number of thioether (sulfide) groups is 1. The van der Waals surface area contributed by atoms with Crippen molar-refractivity contribution in [1.29, 1.82) is 0 Å². The maximum Gasteiger partial charge on any atom is 0.266 e. The Kier molecular flexibility index (Phi) is 7.15. The van der Waals surface area contributed by atoms with Crippen molar-refractivity contribution >= 4 is 51.9 Å². The number of carbonyl (C=O) groups is 1. The van der Waals surface area contributed by atoms with E-state index in [1.54, 1.807) is 18.1 Å². The quantitative estimate of drug-likeness (QED) is 0.291. The zero-order valence-corrected chi connectivity index (χ0v) is 19.7. The maximum absolute atomic E-state index is 13.1. The molecule has 0 aromatic heterocycles. The molecule has 1 fully saturated rings. The van der Waals surface area contributed by atoms with Crippen LogP contribution in [0.15, 0.2) is 77.7 Å². The van der Waals surface area contributed by atoms with Crippen LogP contribution in [0.3, 0.4) is 0 Å². The first-order chi connectivity index (χ1) is 15.5. The first-order valence-corrected chi connectivity index (χ1v) is 11.5. The summed E-state index contributed by atoms with van der Waals surface area (Å²) in [5, 5.41) is 0.643. The number of rotatable bonds is 7. The third-order valence-electron chi connectivity index (χ3n) is 4.90. The van der Waals surface area contributed by atoms with Crippen molar-refractivity contribution in [2.24, 2.45) is 0 Å². The van der Waals surface area contributed by atoms with Crippen molar-refractivity contribution in [2.45, 2.75) is 13.2 Å². The van der Waals surface area contributed by atoms with Crippen LogP contribution in [-0.4, -0.2) is 22.2 Å². The van der Waals surface area contributed by atoms with Crippen LogP contribution in [0.2, 0.25) is 5.02 Å². The fourth-order valence-corrected chi connectivity index (χ4v) is 4.65. The van der Waals surface area contributed by atoms with Crippen molar-refractivity contribution < 1.29 is 14.3 Å². The summed E-state index contributed by atoms with van der Waals surface area (Å²) in [4.78, 5) is 15.2. The minimum Gasteiger partial charge on any atom is -0.497 e. The fourth-order valence-electron chi connectivity index (χ4n) is 3.21. The molecule has 1 heterocycles. The number of methoxy groups -OCH3 is 1. The average molecular weight is 482 g/mol. The van der Waals surface area contributed by atoms with E-state index in [-0.39, 0.29) is 5.91 Å². The molecule has 4 nitrogen and oxygen atoms in total. The molecule has 0 bridgehead atoms. The van der Waals surface area contributed by atoms with E-state index < -0.39 is 0 Å². The molecule has 3 aromatic rings. The van der Waals surface area contributed by atoms with Crippen molar-refractivity contribution in [1.82, 2.24) is 4.90 Å². The molecule has 0 atom stereocenters. The molecule has 0 unspecified atom stereocenters. The van der Waals surface area contributed by atoms with Gasteiger partial charge in [-0.25, -0.2) is 0 Å². The molecular weight excluding hydrogens is 462 g/mol. The number of hydrogen-bond acceptors (Lipinski definition) is 5. The maximum atomic E-state index is 13.1. The Bertz CT molecular complexity index is 1180. The lowest BCUT2D eigenvalue weighted by Gasteiger charge is -2.14. The van der Waals surface area contributed by atoms with Crippen LogP contribution in [0.25, 0.3) is 6.08 Å². The normalized spacial score (nSPS) is 14.8. The van der Waals surface area contributed by atoms with Gasteiger partial charge in [-0.05, 0) is 35.9 Å². The highest BCUT2D eigenvalue weighted by Crippen LogP contribution is 2.36. The molecule has 4 rings (SSSR count). The molecule has 162 valence electrons. The van der Waals surface area contributed by atoms with Crippen molar-refractivity contribution in [3.63, 3.8) is 0 Å². The Morgan fingerprint density at radius 1 is 1.06 bits per heavy atom. The minimum atomic E-state index is -0.122. The van der Waals surface area contributed by atoms with E-state index in [2.05, 4.69) is 0 Å². The second-order valence-corrected chi connectivity index (χ2v) is 9.12. The highest BCUT2D eigenvalue weighted by molar-refractivity contribution is 8.26. The van der Waals surface area contributed by atoms with Crippen molar-refractivity contribution in [3.8, 4) is 11.5 Å². The number of ether oxygens (including phenoxy) is 2. The number of carbonyl (C=O) groups excluding carboxylic acids is 1. The summed E-state index contributed by atoms with van der Waals surface area (Å²) in [5.74, 6) is 1.17. The number of halogens is 1. The predicted molar refractivity (Wildman–Crippen MR) is 134 cm³/mol. The molecule has 0 aliphatic carbocycles. The monoisotopic (exact) mass is 481 g/mol. The van der Waals surface area contributed by atoms with Gasteiger partial charge >= 0.3 is 0 Å². The Balaban J connectivity index is 1.58. The highest BCUT2D eigenvalue weighted by Gasteiger charge is 2.32. The molecule has 1 aliphatic rings. The van der Waals surface area contributed by atoms with Crippen LogP contribution < -0.4 is 9.47 Å². The summed E-state index contributed by atoms with van der Waals surface area (Å²) < 4.78 is 12.0. The smallest absolute Gasteiger partial charge is 0.266 e. The van der Waals surface area contributed by atoms with Gasteiger partial charge in [0.05, 0.1) is 18.6 Å². The lowest BCUT2D eigenvalue weighted by atomic mass is 10.1. The minimum absolute atomic E-state index is 0.122. The zero-order chi connectivity index (χ0) is 22.5. The Morgan fingerprint density at radius 3 is 2.56 bits per heavy atom. The second kappa shape index (κ2) is 10.2. The van der Waals surface area contributed by atoms with Gasteiger partial charge in [0, 0.05) is 16.1 Å². The standard InChI is InChI=1S/C25H20ClNO3S2/c1-29-20-11-12-22(30-16-18-9-5-6-10-21(18)26)19(13-20)14-23-24(28)27(25(31)32-23)15-17-7-3-2-4-8-17/h2-14H,15-16H2,1H3.